The molecule has 0 unspecified atom stereocenters. The summed E-state index contributed by atoms with van der Waals surface area (Å²) in [6.45, 7) is 1.80. The summed E-state index contributed by atoms with van der Waals surface area (Å²) in [4.78, 5) is 12.9. The zero-order valence-electron chi connectivity index (χ0n) is 21.7. The summed E-state index contributed by atoms with van der Waals surface area (Å²) in [6, 6.07) is 30.0. The summed E-state index contributed by atoms with van der Waals surface area (Å²) >= 11 is 0. The number of hydrazone groups is 1. The molecule has 1 amide bonds. The van der Waals surface area contributed by atoms with Gasteiger partial charge in [0.15, 0.2) is 11.5 Å². The van der Waals surface area contributed by atoms with Crippen LogP contribution in [0.1, 0.15) is 16.7 Å². The minimum atomic E-state index is -3.99. The zero-order valence-corrected chi connectivity index (χ0v) is 22.5. The van der Waals surface area contributed by atoms with E-state index >= 15 is 0 Å². The Kier molecular flexibility index (Phi) is 8.96. The predicted octanol–water partition coefficient (Wildman–Crippen LogP) is 4.93. The lowest BCUT2D eigenvalue weighted by Crippen LogP contribution is -2.39. The number of nitrogens with zero attached hydrogens (tertiary/aromatic N) is 2. The van der Waals surface area contributed by atoms with E-state index in [2.05, 4.69) is 10.5 Å². The van der Waals surface area contributed by atoms with Gasteiger partial charge in [-0.05, 0) is 66.1 Å². The van der Waals surface area contributed by atoms with Gasteiger partial charge >= 0.3 is 0 Å². The number of methoxy groups -OCH3 is 1. The van der Waals surface area contributed by atoms with E-state index in [1.165, 1.54) is 18.3 Å². The van der Waals surface area contributed by atoms with E-state index in [0.29, 0.717) is 29.4 Å². The molecule has 0 saturated carbocycles. The van der Waals surface area contributed by atoms with Gasteiger partial charge in [-0.15, -0.1) is 0 Å². The van der Waals surface area contributed by atoms with Crippen LogP contribution in [0.25, 0.3) is 0 Å². The number of sulfonamides is 1. The summed E-state index contributed by atoms with van der Waals surface area (Å²) < 4.78 is 39.2. The Hall–Kier alpha value is -4.63. The van der Waals surface area contributed by atoms with E-state index in [-0.39, 0.29) is 4.90 Å². The van der Waals surface area contributed by atoms with Crippen LogP contribution in [0.2, 0.25) is 0 Å². The van der Waals surface area contributed by atoms with Crippen LogP contribution in [-0.2, 0) is 21.4 Å². The van der Waals surface area contributed by atoms with Crippen LogP contribution in [0.4, 0.5) is 5.69 Å². The molecular formula is C30H29N3O5S. The lowest BCUT2D eigenvalue weighted by atomic mass is 10.2. The van der Waals surface area contributed by atoms with Crippen molar-refractivity contribution in [1.82, 2.24) is 5.43 Å². The quantitative estimate of drug-likeness (QED) is 0.214. The maximum absolute atomic E-state index is 13.4. The molecule has 0 bridgehead atoms. The molecule has 4 rings (SSSR count). The number of rotatable bonds is 11. The maximum Gasteiger partial charge on any atom is 0.264 e. The highest BCUT2D eigenvalue weighted by atomic mass is 32.2. The third-order valence-corrected chi connectivity index (χ3v) is 7.52. The highest BCUT2D eigenvalue weighted by Crippen LogP contribution is 2.28. The SMILES string of the molecule is COc1cc(/C=N\NC(=O)CN(c2cccc(C)c2)S(=O)(=O)c2ccccc2)ccc1OCc1ccccc1. The van der Waals surface area contributed by atoms with E-state index in [1.54, 1.807) is 61.7 Å². The van der Waals surface area contributed by atoms with Gasteiger partial charge in [0.05, 0.1) is 23.9 Å². The molecule has 0 aliphatic carbocycles. The third kappa shape index (κ3) is 7.24. The van der Waals surface area contributed by atoms with E-state index in [4.69, 9.17) is 9.47 Å². The van der Waals surface area contributed by atoms with Gasteiger partial charge < -0.3 is 9.47 Å². The largest absolute Gasteiger partial charge is 0.493 e. The average Bonchev–Trinajstić information content (AvgIpc) is 2.96. The van der Waals surface area contributed by atoms with Crippen molar-refractivity contribution in [3.05, 3.63) is 120 Å². The average molecular weight is 544 g/mol. The number of nitrogens with one attached hydrogen (secondary N) is 1. The van der Waals surface area contributed by atoms with Gasteiger partial charge in [-0.3, -0.25) is 9.10 Å². The Bertz CT molecular complexity index is 1540. The number of ether oxygens (including phenoxy) is 2. The predicted molar refractivity (Wildman–Crippen MR) is 152 cm³/mol. The second-order valence-electron chi connectivity index (χ2n) is 8.64. The molecule has 0 spiro atoms. The van der Waals surface area contributed by atoms with Crippen molar-refractivity contribution < 1.29 is 22.7 Å². The molecule has 0 radical (unpaired) electrons. The van der Waals surface area contributed by atoms with Crippen LogP contribution in [0, 0.1) is 6.92 Å². The number of hydrogen-bond donors (Lipinski definition) is 1. The van der Waals surface area contributed by atoms with Crippen LogP contribution in [0.15, 0.2) is 113 Å². The summed E-state index contributed by atoms with van der Waals surface area (Å²) in [7, 11) is -2.45. The normalized spacial score (nSPS) is 11.2. The number of benzene rings is 4. The van der Waals surface area contributed by atoms with Crippen molar-refractivity contribution in [3.63, 3.8) is 0 Å². The van der Waals surface area contributed by atoms with E-state index in [0.717, 1.165) is 15.4 Å². The maximum atomic E-state index is 13.4. The van der Waals surface area contributed by atoms with Gasteiger partial charge in [0.25, 0.3) is 15.9 Å². The Morgan fingerprint density at radius 2 is 1.62 bits per heavy atom. The van der Waals surface area contributed by atoms with Gasteiger partial charge in [0.2, 0.25) is 0 Å². The highest BCUT2D eigenvalue weighted by Gasteiger charge is 2.27. The Labute approximate surface area is 228 Å². The fourth-order valence-electron chi connectivity index (χ4n) is 3.78. The number of amides is 1. The fraction of sp³-hybridized carbons (Fsp3) is 0.133. The molecule has 0 saturated heterocycles. The molecule has 1 N–H and O–H groups in total. The molecule has 4 aromatic rings. The molecule has 0 aliphatic rings. The minimum Gasteiger partial charge on any atom is -0.493 e. The van der Waals surface area contributed by atoms with Crippen LogP contribution in [-0.4, -0.2) is 34.2 Å². The van der Waals surface area contributed by atoms with Gasteiger partial charge in [-0.1, -0.05) is 60.7 Å². The van der Waals surface area contributed by atoms with Crippen molar-refractivity contribution in [3.8, 4) is 11.5 Å². The fourth-order valence-corrected chi connectivity index (χ4v) is 5.22. The smallest absolute Gasteiger partial charge is 0.264 e. The lowest BCUT2D eigenvalue weighted by molar-refractivity contribution is -0.119. The first kappa shape index (κ1) is 27.4. The van der Waals surface area contributed by atoms with Gasteiger partial charge in [-0.2, -0.15) is 5.10 Å². The van der Waals surface area contributed by atoms with Crippen LogP contribution in [0.3, 0.4) is 0 Å². The number of carbonyl (C=O) groups excluding carboxylic acids is 1. The summed E-state index contributed by atoms with van der Waals surface area (Å²) in [5, 5.41) is 4.02. The first-order valence-corrected chi connectivity index (χ1v) is 13.6. The standard InChI is InChI=1S/C30H29N3O5S/c1-23-10-9-13-26(18-23)33(39(35,36)27-14-7-4-8-15-27)21-30(34)32-31-20-25-16-17-28(29(19-25)37-2)38-22-24-11-5-3-6-12-24/h3-20H,21-22H2,1-2H3,(H,32,34)/b31-20-. The Balaban J connectivity index is 1.45. The molecule has 4 aromatic carbocycles. The Morgan fingerprint density at radius 3 is 2.31 bits per heavy atom. The number of carbonyl (C=O) groups is 1. The molecule has 0 heterocycles. The minimum absolute atomic E-state index is 0.0875. The Morgan fingerprint density at radius 1 is 0.897 bits per heavy atom. The van der Waals surface area contributed by atoms with Gasteiger partial charge in [0, 0.05) is 0 Å². The highest BCUT2D eigenvalue weighted by molar-refractivity contribution is 7.92. The summed E-state index contributed by atoms with van der Waals surface area (Å²) in [5.41, 5.74) is 5.36. The van der Waals surface area contributed by atoms with Crippen molar-refractivity contribution in [2.24, 2.45) is 5.10 Å². The molecule has 8 nitrogen and oxygen atoms in total. The summed E-state index contributed by atoms with van der Waals surface area (Å²) in [6.07, 6.45) is 1.45. The van der Waals surface area contributed by atoms with Crippen molar-refractivity contribution in [2.45, 2.75) is 18.4 Å². The molecular weight excluding hydrogens is 514 g/mol. The van der Waals surface area contributed by atoms with Crippen LogP contribution < -0.4 is 19.2 Å². The first-order valence-electron chi connectivity index (χ1n) is 12.2. The number of anilines is 1. The molecule has 200 valence electrons. The lowest BCUT2D eigenvalue weighted by Gasteiger charge is -2.24. The second kappa shape index (κ2) is 12.7. The molecule has 0 atom stereocenters. The summed E-state index contributed by atoms with van der Waals surface area (Å²) in [5.74, 6) is 0.491. The van der Waals surface area contributed by atoms with Crippen molar-refractivity contribution in [1.29, 1.82) is 0 Å². The van der Waals surface area contributed by atoms with Crippen molar-refractivity contribution >= 4 is 27.8 Å². The third-order valence-electron chi connectivity index (χ3n) is 5.74. The number of hydrogen-bond acceptors (Lipinski definition) is 6. The van der Waals surface area contributed by atoms with Crippen molar-refractivity contribution in [2.75, 3.05) is 18.0 Å². The van der Waals surface area contributed by atoms with E-state index in [1.807, 2.05) is 43.3 Å². The molecule has 39 heavy (non-hydrogen) atoms. The molecule has 0 aromatic heterocycles. The van der Waals surface area contributed by atoms with Gasteiger partial charge in [0.1, 0.15) is 13.2 Å². The first-order chi connectivity index (χ1) is 18.9. The van der Waals surface area contributed by atoms with E-state index < -0.39 is 22.5 Å². The monoisotopic (exact) mass is 543 g/mol. The topological polar surface area (TPSA) is 97.3 Å². The van der Waals surface area contributed by atoms with Gasteiger partial charge in [-0.25, -0.2) is 13.8 Å². The molecule has 9 heteroatoms. The van der Waals surface area contributed by atoms with Crippen LogP contribution >= 0.6 is 0 Å². The van der Waals surface area contributed by atoms with E-state index in [9.17, 15) is 13.2 Å². The molecule has 0 aliphatic heterocycles. The number of aryl methyl sites for hydroxylation is 1. The van der Waals surface area contributed by atoms with Crippen LogP contribution in [0.5, 0.6) is 11.5 Å². The molecule has 0 fully saturated rings. The second-order valence-corrected chi connectivity index (χ2v) is 10.5. The zero-order chi connectivity index (χ0) is 27.7.